The highest BCUT2D eigenvalue weighted by molar-refractivity contribution is 5.89. The van der Waals surface area contributed by atoms with Gasteiger partial charge in [0.2, 0.25) is 5.90 Å². The molecule has 1 saturated heterocycles. The number of hydrogen-bond donors (Lipinski definition) is 1. The van der Waals surface area contributed by atoms with E-state index in [0.717, 1.165) is 55.6 Å². The number of rotatable bonds is 5. The third-order valence-electron chi connectivity index (χ3n) is 6.39. The van der Waals surface area contributed by atoms with E-state index in [1.54, 1.807) is 0 Å². The number of pyridine rings is 1. The number of hydrogen-bond acceptors (Lipinski definition) is 6. The van der Waals surface area contributed by atoms with E-state index in [1.165, 1.54) is 24.0 Å². The smallest absolute Gasteiger partial charge is 0.217 e. The van der Waals surface area contributed by atoms with Crippen molar-refractivity contribution in [1.29, 1.82) is 0 Å². The molecule has 1 saturated carbocycles. The predicted molar refractivity (Wildman–Crippen MR) is 121 cm³/mol. The first kappa shape index (κ1) is 18.8. The van der Waals surface area contributed by atoms with Gasteiger partial charge in [0.15, 0.2) is 5.82 Å². The van der Waals surface area contributed by atoms with Gasteiger partial charge in [0, 0.05) is 43.7 Å². The maximum atomic E-state index is 6.13. The van der Waals surface area contributed by atoms with Crippen molar-refractivity contribution < 1.29 is 4.74 Å². The predicted octanol–water partition coefficient (Wildman–Crippen LogP) is 3.71. The molecule has 1 N–H and O–H groups in total. The molecule has 1 aliphatic carbocycles. The molecular formula is C25H27N5O. The average molecular weight is 414 g/mol. The number of hydrazine groups is 1. The summed E-state index contributed by atoms with van der Waals surface area (Å²) in [4.78, 5) is 9.38. The Labute approximate surface area is 182 Å². The van der Waals surface area contributed by atoms with E-state index in [1.807, 2.05) is 30.5 Å². The molecular weight excluding hydrogens is 386 g/mol. The van der Waals surface area contributed by atoms with E-state index in [4.69, 9.17) is 9.73 Å². The van der Waals surface area contributed by atoms with Crippen LogP contribution in [0.15, 0.2) is 77.3 Å². The summed E-state index contributed by atoms with van der Waals surface area (Å²) < 4.78 is 6.13. The summed E-state index contributed by atoms with van der Waals surface area (Å²) in [5.41, 5.74) is 4.90. The van der Waals surface area contributed by atoms with Crippen molar-refractivity contribution in [3.63, 3.8) is 0 Å². The van der Waals surface area contributed by atoms with Crippen LogP contribution in [0.2, 0.25) is 0 Å². The summed E-state index contributed by atoms with van der Waals surface area (Å²) in [6.07, 6.45) is 9.81. The summed E-state index contributed by atoms with van der Waals surface area (Å²) in [6.45, 7) is 3.72. The van der Waals surface area contributed by atoms with Crippen LogP contribution >= 0.6 is 0 Å². The Morgan fingerprint density at radius 3 is 2.71 bits per heavy atom. The number of nitrogens with one attached hydrogen (secondary N) is 1. The molecule has 158 valence electrons. The van der Waals surface area contributed by atoms with Crippen molar-refractivity contribution in [2.75, 3.05) is 19.6 Å². The molecule has 6 heteroatoms. The van der Waals surface area contributed by atoms with Gasteiger partial charge in [-0.3, -0.25) is 9.99 Å². The molecule has 2 fully saturated rings. The Hall–Kier alpha value is -2.96. The van der Waals surface area contributed by atoms with Crippen LogP contribution in [0.5, 0.6) is 0 Å². The Morgan fingerprint density at radius 2 is 1.97 bits per heavy atom. The fourth-order valence-corrected chi connectivity index (χ4v) is 4.55. The van der Waals surface area contributed by atoms with E-state index in [9.17, 15) is 0 Å². The second-order valence-corrected chi connectivity index (χ2v) is 8.70. The van der Waals surface area contributed by atoms with Crippen LogP contribution in [-0.4, -0.2) is 46.6 Å². The summed E-state index contributed by atoms with van der Waals surface area (Å²) in [6, 6.07) is 14.8. The third-order valence-corrected chi connectivity index (χ3v) is 6.39. The Morgan fingerprint density at radius 1 is 1.06 bits per heavy atom. The zero-order valence-corrected chi connectivity index (χ0v) is 17.6. The first-order valence-electron chi connectivity index (χ1n) is 11.3. The minimum Gasteiger partial charge on any atom is -0.473 e. The highest BCUT2D eigenvalue weighted by Gasteiger charge is 2.39. The topological polar surface area (TPSA) is 53.0 Å². The Kier molecular flexibility index (Phi) is 4.81. The second kappa shape index (κ2) is 7.94. The molecule has 6 rings (SSSR count). The second-order valence-electron chi connectivity index (χ2n) is 8.70. The molecule has 1 aromatic carbocycles. The lowest BCUT2D eigenvalue weighted by molar-refractivity contribution is 0.0772. The van der Waals surface area contributed by atoms with Gasteiger partial charge in [-0.15, -0.1) is 0 Å². The van der Waals surface area contributed by atoms with Crippen molar-refractivity contribution in [2.45, 2.75) is 31.9 Å². The van der Waals surface area contributed by atoms with Crippen molar-refractivity contribution in [2.24, 2.45) is 10.9 Å². The van der Waals surface area contributed by atoms with Crippen LogP contribution < -0.4 is 5.32 Å². The molecule has 1 atom stereocenters. The van der Waals surface area contributed by atoms with Crippen LogP contribution in [-0.2, 0) is 11.3 Å². The van der Waals surface area contributed by atoms with Crippen molar-refractivity contribution >= 4 is 5.90 Å². The summed E-state index contributed by atoms with van der Waals surface area (Å²) in [7, 11) is 0. The van der Waals surface area contributed by atoms with E-state index in [0.29, 0.717) is 5.92 Å². The van der Waals surface area contributed by atoms with Crippen LogP contribution in [0.3, 0.4) is 0 Å². The molecule has 0 spiro atoms. The lowest BCUT2D eigenvalue weighted by Crippen LogP contribution is -2.34. The van der Waals surface area contributed by atoms with Gasteiger partial charge in [-0.05, 0) is 55.0 Å². The quantitative estimate of drug-likeness (QED) is 0.810. The molecule has 4 heterocycles. The SMILES string of the molecule is C1=CN2C(=C(C3CC3)CN2Cc2ccc(-c3ccccn3)cc2)N=C1O[C@@H]1CCNC1. The number of aliphatic imine (C=N–C) groups is 1. The standard InChI is InChI=1S/C25H27N5O/c1-2-12-27-23(3-1)20-6-4-18(5-7-20)16-29-17-22(19-8-9-19)25-28-24(11-14-30(25)29)31-21-10-13-26-15-21/h1-7,11-12,14,19,21,26H,8-10,13,15-17H2/t21-/m1/s1. The highest BCUT2D eigenvalue weighted by atomic mass is 16.5. The first-order valence-corrected chi connectivity index (χ1v) is 11.3. The van der Waals surface area contributed by atoms with Gasteiger partial charge in [0.1, 0.15) is 6.10 Å². The molecule has 1 aromatic heterocycles. The molecule has 3 aliphatic heterocycles. The number of fused-ring (bicyclic) bond motifs is 1. The molecule has 0 radical (unpaired) electrons. The third kappa shape index (κ3) is 3.89. The molecule has 31 heavy (non-hydrogen) atoms. The molecule has 0 bridgehead atoms. The maximum absolute atomic E-state index is 6.13. The van der Waals surface area contributed by atoms with Gasteiger partial charge in [-0.25, -0.2) is 5.01 Å². The van der Waals surface area contributed by atoms with Gasteiger partial charge in [-0.1, -0.05) is 30.3 Å². The molecule has 4 aliphatic rings. The molecule has 2 aromatic rings. The number of ether oxygens (including phenoxy) is 1. The highest BCUT2D eigenvalue weighted by Crippen LogP contribution is 2.43. The zero-order chi connectivity index (χ0) is 20.6. The summed E-state index contributed by atoms with van der Waals surface area (Å²) in [5.74, 6) is 2.51. The van der Waals surface area contributed by atoms with Crippen molar-refractivity contribution in [3.8, 4) is 11.3 Å². The van der Waals surface area contributed by atoms with E-state index in [2.05, 4.69) is 50.8 Å². The number of aromatic nitrogens is 1. The lowest BCUT2D eigenvalue weighted by atomic mass is 10.1. The van der Waals surface area contributed by atoms with Crippen LogP contribution in [0.25, 0.3) is 11.3 Å². The normalized spacial score (nSPS) is 23.3. The monoisotopic (exact) mass is 413 g/mol. The molecule has 0 amide bonds. The van der Waals surface area contributed by atoms with Gasteiger partial charge < -0.3 is 10.1 Å². The summed E-state index contributed by atoms with van der Waals surface area (Å²) in [5, 5.41) is 7.96. The first-order chi connectivity index (χ1) is 15.3. The van der Waals surface area contributed by atoms with Crippen molar-refractivity contribution in [1.82, 2.24) is 20.3 Å². The Bertz CT molecular complexity index is 1030. The number of benzene rings is 1. The van der Waals surface area contributed by atoms with Crippen LogP contribution in [0.4, 0.5) is 0 Å². The zero-order valence-electron chi connectivity index (χ0n) is 17.6. The van der Waals surface area contributed by atoms with Gasteiger partial charge >= 0.3 is 0 Å². The Balaban J connectivity index is 1.18. The van der Waals surface area contributed by atoms with E-state index >= 15 is 0 Å². The van der Waals surface area contributed by atoms with Gasteiger partial charge in [0.25, 0.3) is 0 Å². The van der Waals surface area contributed by atoms with Gasteiger partial charge in [-0.2, -0.15) is 4.99 Å². The van der Waals surface area contributed by atoms with Crippen LogP contribution in [0, 0.1) is 5.92 Å². The van der Waals surface area contributed by atoms with Gasteiger partial charge in [0.05, 0.1) is 5.69 Å². The average Bonchev–Trinajstić information content (AvgIpc) is 3.42. The maximum Gasteiger partial charge on any atom is 0.217 e. The fraction of sp³-hybridized carbons (Fsp3) is 0.360. The van der Waals surface area contributed by atoms with Crippen LogP contribution in [0.1, 0.15) is 24.8 Å². The molecule has 0 unspecified atom stereocenters. The van der Waals surface area contributed by atoms with E-state index in [-0.39, 0.29) is 6.10 Å². The minimum absolute atomic E-state index is 0.232. The molecule has 6 nitrogen and oxygen atoms in total. The lowest BCUT2D eigenvalue weighted by Gasteiger charge is -2.30. The summed E-state index contributed by atoms with van der Waals surface area (Å²) >= 11 is 0. The largest absolute Gasteiger partial charge is 0.473 e. The fourth-order valence-electron chi connectivity index (χ4n) is 4.55. The van der Waals surface area contributed by atoms with E-state index < -0.39 is 0 Å². The minimum atomic E-state index is 0.232. The number of nitrogens with zero attached hydrogens (tertiary/aromatic N) is 4. The van der Waals surface area contributed by atoms with Crippen molar-refractivity contribution in [3.05, 3.63) is 77.9 Å².